The third-order valence-corrected chi connectivity index (χ3v) is 4.02. The van der Waals surface area contributed by atoms with E-state index in [9.17, 15) is 8.42 Å². The molecule has 3 nitrogen and oxygen atoms in total. The van der Waals surface area contributed by atoms with Gasteiger partial charge in [-0.3, -0.25) is 0 Å². The average Bonchev–Trinajstić information content (AvgIpc) is 2.38. The summed E-state index contributed by atoms with van der Waals surface area (Å²) in [4.78, 5) is 0.280. The van der Waals surface area contributed by atoms with E-state index in [1.165, 1.54) is 6.26 Å². The molecule has 0 aliphatic heterocycles. The van der Waals surface area contributed by atoms with E-state index in [-0.39, 0.29) is 4.90 Å². The maximum Gasteiger partial charge on any atom is 0.175 e. The van der Waals surface area contributed by atoms with E-state index >= 15 is 0 Å². The minimum Gasteiger partial charge on any atom is -0.224 e. The second-order valence-electron chi connectivity index (χ2n) is 4.46. The summed E-state index contributed by atoms with van der Waals surface area (Å²) in [5, 5.41) is 9.11. The second kappa shape index (κ2) is 4.87. The van der Waals surface area contributed by atoms with Gasteiger partial charge < -0.3 is 0 Å². The van der Waals surface area contributed by atoms with Gasteiger partial charge in [0, 0.05) is 6.26 Å². The van der Waals surface area contributed by atoms with E-state index in [1.54, 1.807) is 30.3 Å². The fourth-order valence-electron chi connectivity index (χ4n) is 1.88. The van der Waals surface area contributed by atoms with Crippen molar-refractivity contribution in [2.24, 2.45) is 0 Å². The highest BCUT2D eigenvalue weighted by molar-refractivity contribution is 7.90. The first-order valence-electron chi connectivity index (χ1n) is 5.73. The first-order valence-corrected chi connectivity index (χ1v) is 7.62. The lowest BCUT2D eigenvalue weighted by Crippen LogP contribution is -1.96. The molecule has 0 heterocycles. The van der Waals surface area contributed by atoms with Crippen LogP contribution in [-0.4, -0.2) is 14.7 Å². The molecule has 0 bridgehead atoms. The van der Waals surface area contributed by atoms with Gasteiger partial charge >= 0.3 is 0 Å². The van der Waals surface area contributed by atoms with E-state index in [4.69, 9.17) is 5.26 Å². The third kappa shape index (κ3) is 2.83. The molecule has 0 saturated heterocycles. The molecule has 96 valence electrons. The van der Waals surface area contributed by atoms with Crippen LogP contribution >= 0.6 is 0 Å². The maximum absolute atomic E-state index is 11.4. The molecule has 4 heteroatoms. The van der Waals surface area contributed by atoms with Crippen molar-refractivity contribution in [3.63, 3.8) is 0 Å². The van der Waals surface area contributed by atoms with Crippen molar-refractivity contribution in [1.82, 2.24) is 0 Å². The summed E-state index contributed by atoms with van der Waals surface area (Å²) < 4.78 is 22.8. The maximum atomic E-state index is 11.4. The van der Waals surface area contributed by atoms with Crippen molar-refractivity contribution in [2.45, 2.75) is 11.8 Å². The van der Waals surface area contributed by atoms with E-state index < -0.39 is 9.84 Å². The van der Waals surface area contributed by atoms with Gasteiger partial charge in [-0.2, -0.15) is 5.26 Å². The van der Waals surface area contributed by atoms with Crippen LogP contribution in [0.2, 0.25) is 0 Å². The molecule has 0 fully saturated rings. The minimum atomic E-state index is -3.19. The number of nitriles is 1. The molecule has 2 rings (SSSR count). The van der Waals surface area contributed by atoms with E-state index in [1.807, 2.05) is 19.1 Å². The summed E-state index contributed by atoms with van der Waals surface area (Å²) in [5.74, 6) is 0. The van der Waals surface area contributed by atoms with Gasteiger partial charge in [-0.1, -0.05) is 29.8 Å². The first-order chi connectivity index (χ1) is 8.91. The first kappa shape index (κ1) is 13.3. The van der Waals surface area contributed by atoms with Gasteiger partial charge in [0.2, 0.25) is 0 Å². The molecular formula is C15H13NO2S. The van der Waals surface area contributed by atoms with Crippen LogP contribution in [0.1, 0.15) is 11.1 Å². The highest BCUT2D eigenvalue weighted by Gasteiger charge is 2.09. The molecule has 2 aromatic rings. The van der Waals surface area contributed by atoms with Crippen LogP contribution < -0.4 is 0 Å². The van der Waals surface area contributed by atoms with Crippen molar-refractivity contribution in [3.05, 3.63) is 53.6 Å². The standard InChI is InChI=1S/C15H13NO2S/c1-11-3-4-13(10-16)15(9-11)12-5-7-14(8-6-12)19(2,17)18/h3-9H,1-2H3. The van der Waals surface area contributed by atoms with Crippen LogP contribution in [0.5, 0.6) is 0 Å². The SMILES string of the molecule is Cc1ccc(C#N)c(-c2ccc(S(C)(=O)=O)cc2)c1. The van der Waals surface area contributed by atoms with Crippen LogP contribution in [0.3, 0.4) is 0 Å². The van der Waals surface area contributed by atoms with Crippen LogP contribution in [0.4, 0.5) is 0 Å². The molecule has 0 N–H and O–H groups in total. The lowest BCUT2D eigenvalue weighted by Gasteiger charge is -2.06. The summed E-state index contributed by atoms with van der Waals surface area (Å²) in [6.45, 7) is 1.95. The molecule has 0 aromatic heterocycles. The third-order valence-electron chi connectivity index (χ3n) is 2.89. The number of nitrogens with zero attached hydrogens (tertiary/aromatic N) is 1. The predicted octanol–water partition coefficient (Wildman–Crippen LogP) is 2.94. The Labute approximate surface area is 113 Å². The van der Waals surface area contributed by atoms with Gasteiger partial charge in [0.15, 0.2) is 9.84 Å². The molecule has 0 amide bonds. The molecule has 0 atom stereocenters. The van der Waals surface area contributed by atoms with Gasteiger partial charge in [0.25, 0.3) is 0 Å². The Morgan fingerprint density at radius 1 is 1.05 bits per heavy atom. The molecule has 0 spiro atoms. The fourth-order valence-corrected chi connectivity index (χ4v) is 2.51. The smallest absolute Gasteiger partial charge is 0.175 e. The largest absolute Gasteiger partial charge is 0.224 e. The van der Waals surface area contributed by atoms with Gasteiger partial charge in [0.05, 0.1) is 16.5 Å². The lowest BCUT2D eigenvalue weighted by atomic mass is 9.98. The van der Waals surface area contributed by atoms with Crippen LogP contribution in [0.15, 0.2) is 47.4 Å². The van der Waals surface area contributed by atoms with E-state index in [0.29, 0.717) is 5.56 Å². The Morgan fingerprint density at radius 3 is 2.21 bits per heavy atom. The highest BCUT2D eigenvalue weighted by atomic mass is 32.2. The Balaban J connectivity index is 2.55. The Kier molecular flexibility index (Phi) is 3.41. The topological polar surface area (TPSA) is 57.9 Å². The summed E-state index contributed by atoms with van der Waals surface area (Å²) in [7, 11) is -3.19. The fraction of sp³-hybridized carbons (Fsp3) is 0.133. The molecule has 0 unspecified atom stereocenters. The molecule has 19 heavy (non-hydrogen) atoms. The van der Waals surface area contributed by atoms with Crippen molar-refractivity contribution in [1.29, 1.82) is 5.26 Å². The molecule has 0 aliphatic rings. The van der Waals surface area contributed by atoms with Crippen LogP contribution in [0.25, 0.3) is 11.1 Å². The normalized spacial score (nSPS) is 11.0. The quantitative estimate of drug-likeness (QED) is 0.843. The molecule has 0 aliphatic carbocycles. The van der Waals surface area contributed by atoms with E-state index in [0.717, 1.165) is 16.7 Å². The van der Waals surface area contributed by atoms with Gasteiger partial charge in [0.1, 0.15) is 0 Å². The van der Waals surface area contributed by atoms with Gasteiger partial charge in [-0.25, -0.2) is 8.42 Å². The van der Waals surface area contributed by atoms with E-state index in [2.05, 4.69) is 6.07 Å². The molecule has 2 aromatic carbocycles. The average molecular weight is 271 g/mol. The van der Waals surface area contributed by atoms with Crippen LogP contribution in [0, 0.1) is 18.3 Å². The molecular weight excluding hydrogens is 258 g/mol. The zero-order chi connectivity index (χ0) is 14.0. The van der Waals surface area contributed by atoms with Gasteiger partial charge in [-0.05, 0) is 36.2 Å². The number of hydrogen-bond acceptors (Lipinski definition) is 3. The number of aryl methyl sites for hydroxylation is 1. The zero-order valence-corrected chi connectivity index (χ0v) is 11.5. The van der Waals surface area contributed by atoms with Gasteiger partial charge in [-0.15, -0.1) is 0 Å². The summed E-state index contributed by atoms with van der Waals surface area (Å²) in [6.07, 6.45) is 1.18. The number of hydrogen-bond donors (Lipinski definition) is 0. The Morgan fingerprint density at radius 2 is 1.68 bits per heavy atom. The number of benzene rings is 2. The second-order valence-corrected chi connectivity index (χ2v) is 6.47. The molecule has 0 radical (unpaired) electrons. The predicted molar refractivity (Wildman–Crippen MR) is 74.4 cm³/mol. The van der Waals surface area contributed by atoms with Crippen molar-refractivity contribution in [3.8, 4) is 17.2 Å². The van der Waals surface area contributed by atoms with Crippen molar-refractivity contribution < 1.29 is 8.42 Å². The minimum absolute atomic E-state index is 0.280. The zero-order valence-electron chi connectivity index (χ0n) is 10.7. The Hall–Kier alpha value is -2.12. The lowest BCUT2D eigenvalue weighted by molar-refractivity contribution is 0.602. The summed E-state index contributed by atoms with van der Waals surface area (Å²) in [6, 6.07) is 14.3. The Bertz CT molecular complexity index is 754. The highest BCUT2D eigenvalue weighted by Crippen LogP contribution is 2.25. The summed E-state index contributed by atoms with van der Waals surface area (Å²) >= 11 is 0. The number of sulfone groups is 1. The molecule has 0 saturated carbocycles. The van der Waals surface area contributed by atoms with Crippen molar-refractivity contribution >= 4 is 9.84 Å². The summed E-state index contributed by atoms with van der Waals surface area (Å²) in [5.41, 5.74) is 3.30. The monoisotopic (exact) mass is 271 g/mol. The number of rotatable bonds is 2. The van der Waals surface area contributed by atoms with Crippen molar-refractivity contribution in [2.75, 3.05) is 6.26 Å². The van der Waals surface area contributed by atoms with Crippen LogP contribution in [-0.2, 0) is 9.84 Å².